The van der Waals surface area contributed by atoms with Gasteiger partial charge in [-0.15, -0.1) is 17.0 Å². The summed E-state index contributed by atoms with van der Waals surface area (Å²) < 4.78 is 7.88. The molecule has 0 aliphatic heterocycles. The van der Waals surface area contributed by atoms with E-state index in [2.05, 4.69) is 4.98 Å². The molecule has 0 aliphatic rings. The quantitative estimate of drug-likeness (QED) is 0.218. The molecule has 0 radical (unpaired) electrons. The summed E-state index contributed by atoms with van der Waals surface area (Å²) in [6.45, 7) is 0.580. The van der Waals surface area contributed by atoms with Crippen LogP contribution in [0.3, 0.4) is 0 Å². The molecule has 0 N–H and O–H groups in total. The molecular formula is C21H16BrClN3O3+. The van der Waals surface area contributed by atoms with Crippen molar-refractivity contribution in [2.45, 2.75) is 6.54 Å². The molecule has 0 atom stereocenters. The van der Waals surface area contributed by atoms with E-state index in [9.17, 15) is 10.1 Å². The molecule has 0 fully saturated rings. The fourth-order valence-electron chi connectivity index (χ4n) is 2.84. The molecule has 29 heavy (non-hydrogen) atoms. The number of halogens is 2. The van der Waals surface area contributed by atoms with Crippen molar-refractivity contribution in [2.24, 2.45) is 0 Å². The Morgan fingerprint density at radius 3 is 2.45 bits per heavy atom. The van der Waals surface area contributed by atoms with Crippen molar-refractivity contribution in [3.63, 3.8) is 0 Å². The summed E-state index contributed by atoms with van der Waals surface area (Å²) in [7, 11) is 0. The molecule has 0 saturated carbocycles. The maximum absolute atomic E-state index is 10.8. The van der Waals surface area contributed by atoms with Crippen molar-refractivity contribution in [2.75, 3.05) is 0 Å². The normalized spacial score (nSPS) is 10.4. The lowest BCUT2D eigenvalue weighted by atomic mass is 10.2. The lowest BCUT2D eigenvalue weighted by Gasteiger charge is -2.00. The fourth-order valence-corrected chi connectivity index (χ4v) is 2.96. The molecule has 4 aromatic rings. The Kier molecular flexibility index (Phi) is 6.41. The summed E-state index contributed by atoms with van der Waals surface area (Å²) in [5.74, 6) is 1.18. The zero-order chi connectivity index (χ0) is 19.5. The number of pyridine rings is 1. The van der Waals surface area contributed by atoms with Gasteiger partial charge in [-0.3, -0.25) is 10.1 Å². The first-order valence-corrected chi connectivity index (χ1v) is 8.91. The van der Waals surface area contributed by atoms with Crippen LogP contribution in [0.25, 0.3) is 22.8 Å². The Balaban J connectivity index is 0.00000240. The van der Waals surface area contributed by atoms with E-state index in [-0.39, 0.29) is 22.7 Å². The fraction of sp³-hybridized carbons (Fsp3) is 0.0476. The van der Waals surface area contributed by atoms with E-state index in [1.165, 1.54) is 12.1 Å². The van der Waals surface area contributed by atoms with Crippen LogP contribution in [0, 0.1) is 10.1 Å². The molecule has 6 nitrogen and oxygen atoms in total. The van der Waals surface area contributed by atoms with Crippen molar-refractivity contribution < 1.29 is 13.9 Å². The summed E-state index contributed by atoms with van der Waals surface area (Å²) in [5, 5.41) is 11.4. The number of benzene rings is 2. The number of non-ortho nitro benzene ring substituents is 1. The van der Waals surface area contributed by atoms with Gasteiger partial charge in [0.05, 0.1) is 11.1 Å². The largest absolute Gasteiger partial charge is 0.436 e. The van der Waals surface area contributed by atoms with Crippen LogP contribution < -0.4 is 4.57 Å². The molecular weight excluding hydrogens is 458 g/mol. The molecule has 4 rings (SSSR count). The zero-order valence-corrected chi connectivity index (χ0v) is 17.5. The average Bonchev–Trinajstić information content (AvgIpc) is 3.19. The van der Waals surface area contributed by atoms with Crippen LogP contribution in [0.1, 0.15) is 5.56 Å². The highest BCUT2D eigenvalue weighted by Gasteiger charge is 2.13. The van der Waals surface area contributed by atoms with E-state index in [1.54, 1.807) is 30.5 Å². The molecule has 146 valence electrons. The first kappa shape index (κ1) is 20.7. The first-order valence-electron chi connectivity index (χ1n) is 8.53. The van der Waals surface area contributed by atoms with Gasteiger partial charge in [-0.25, -0.2) is 4.98 Å². The average molecular weight is 474 g/mol. The van der Waals surface area contributed by atoms with Crippen LogP contribution in [0.2, 0.25) is 5.02 Å². The lowest BCUT2D eigenvalue weighted by Crippen LogP contribution is -2.33. The summed E-state index contributed by atoms with van der Waals surface area (Å²) in [4.78, 5) is 14.7. The van der Waals surface area contributed by atoms with Gasteiger partial charge in [-0.2, -0.15) is 4.57 Å². The highest BCUT2D eigenvalue weighted by atomic mass is 79.9. The molecule has 2 aromatic carbocycles. The van der Waals surface area contributed by atoms with Crippen molar-refractivity contribution >= 4 is 34.3 Å². The molecule has 0 aliphatic carbocycles. The molecule has 0 spiro atoms. The van der Waals surface area contributed by atoms with Crippen LogP contribution >= 0.6 is 28.6 Å². The molecule has 2 heterocycles. The van der Waals surface area contributed by atoms with Gasteiger partial charge in [-0.1, -0.05) is 11.6 Å². The van der Waals surface area contributed by atoms with Gasteiger partial charge in [0, 0.05) is 34.3 Å². The van der Waals surface area contributed by atoms with E-state index in [1.807, 2.05) is 41.2 Å². The van der Waals surface area contributed by atoms with Gasteiger partial charge >= 0.3 is 0 Å². The molecule has 0 amide bonds. The SMILES string of the molecule is Br.O=[N+]([O-])c1ccc(C[n+]2cccc(-c3ncc(-c4ccc(Cl)cc4)o3)c2)cc1. The molecule has 0 unspecified atom stereocenters. The third-order valence-corrected chi connectivity index (χ3v) is 4.50. The first-order chi connectivity index (χ1) is 13.6. The predicted octanol–water partition coefficient (Wildman–Crippen LogP) is 5.48. The minimum absolute atomic E-state index is 0. The Labute approximate surface area is 182 Å². The number of nitro benzene ring substituents is 1. The maximum atomic E-state index is 10.8. The van der Waals surface area contributed by atoms with E-state index >= 15 is 0 Å². The van der Waals surface area contributed by atoms with E-state index < -0.39 is 4.92 Å². The summed E-state index contributed by atoms with van der Waals surface area (Å²) in [6, 6.07) is 17.7. The van der Waals surface area contributed by atoms with Gasteiger partial charge in [0.25, 0.3) is 5.69 Å². The van der Waals surface area contributed by atoms with Crippen LogP contribution in [0.5, 0.6) is 0 Å². The second-order valence-corrected chi connectivity index (χ2v) is 6.66. The van der Waals surface area contributed by atoms with Crippen molar-refractivity contribution in [3.05, 3.63) is 100.0 Å². The summed E-state index contributed by atoms with van der Waals surface area (Å²) in [6.07, 6.45) is 5.54. The van der Waals surface area contributed by atoms with Crippen LogP contribution in [-0.2, 0) is 6.54 Å². The highest BCUT2D eigenvalue weighted by molar-refractivity contribution is 8.93. The van der Waals surface area contributed by atoms with Crippen molar-refractivity contribution in [1.82, 2.24) is 4.98 Å². The highest BCUT2D eigenvalue weighted by Crippen LogP contribution is 2.26. The van der Waals surface area contributed by atoms with Gasteiger partial charge in [0.15, 0.2) is 24.7 Å². The number of aromatic nitrogens is 2. The number of nitrogens with zero attached hydrogens (tertiary/aromatic N) is 3. The number of nitro groups is 1. The number of hydrogen-bond donors (Lipinski definition) is 0. The second-order valence-electron chi connectivity index (χ2n) is 6.23. The van der Waals surface area contributed by atoms with Crippen LogP contribution in [-0.4, -0.2) is 9.91 Å². The number of oxazole rings is 1. The Hall–Kier alpha value is -3.03. The minimum atomic E-state index is -0.404. The number of rotatable bonds is 5. The smallest absolute Gasteiger partial charge is 0.269 e. The standard InChI is InChI=1S/C21H15ClN3O3.BrH/c22-18-7-5-16(6-8-18)20-12-23-21(28-20)17-2-1-11-24(14-17)13-15-3-9-19(10-4-15)25(26)27;/h1-12,14H,13H2;1H/q+1;. The monoisotopic (exact) mass is 472 g/mol. The molecule has 8 heteroatoms. The van der Waals surface area contributed by atoms with Crippen molar-refractivity contribution in [3.8, 4) is 22.8 Å². The second kappa shape index (κ2) is 8.98. The van der Waals surface area contributed by atoms with Crippen LogP contribution in [0.15, 0.2) is 83.7 Å². The van der Waals surface area contributed by atoms with Gasteiger partial charge in [0.2, 0.25) is 5.89 Å². The zero-order valence-electron chi connectivity index (χ0n) is 15.1. The van der Waals surface area contributed by atoms with Gasteiger partial charge < -0.3 is 4.42 Å². The van der Waals surface area contributed by atoms with E-state index in [4.69, 9.17) is 16.0 Å². The van der Waals surface area contributed by atoms with E-state index in [0.29, 0.717) is 23.2 Å². The molecule has 0 bridgehead atoms. The van der Waals surface area contributed by atoms with Gasteiger partial charge in [-0.05, 0) is 42.5 Å². The van der Waals surface area contributed by atoms with Crippen LogP contribution in [0.4, 0.5) is 5.69 Å². The summed E-state index contributed by atoms with van der Waals surface area (Å²) in [5.41, 5.74) is 2.78. The minimum Gasteiger partial charge on any atom is -0.436 e. The molecule has 0 saturated heterocycles. The predicted molar refractivity (Wildman–Crippen MR) is 115 cm³/mol. The Morgan fingerprint density at radius 1 is 1.03 bits per heavy atom. The number of hydrogen-bond acceptors (Lipinski definition) is 4. The van der Waals surface area contributed by atoms with Gasteiger partial charge in [0.1, 0.15) is 5.56 Å². The third kappa shape index (κ3) is 4.88. The third-order valence-electron chi connectivity index (χ3n) is 4.25. The Morgan fingerprint density at radius 2 is 1.76 bits per heavy atom. The van der Waals surface area contributed by atoms with E-state index in [0.717, 1.165) is 16.7 Å². The topological polar surface area (TPSA) is 73.1 Å². The summed E-state index contributed by atoms with van der Waals surface area (Å²) >= 11 is 5.93. The van der Waals surface area contributed by atoms with Crippen molar-refractivity contribution in [1.29, 1.82) is 0 Å². The Bertz CT molecular complexity index is 1130. The lowest BCUT2D eigenvalue weighted by molar-refractivity contribution is -0.687. The molecule has 2 aromatic heterocycles. The maximum Gasteiger partial charge on any atom is 0.269 e.